The molecular formula is C22H20Cl3N3O4. The monoisotopic (exact) mass is 495 g/mol. The van der Waals surface area contributed by atoms with Gasteiger partial charge in [0.1, 0.15) is 11.5 Å². The van der Waals surface area contributed by atoms with Gasteiger partial charge in [-0.25, -0.2) is 4.68 Å². The number of hydrogen-bond acceptors (Lipinski definition) is 5. The Morgan fingerprint density at radius 2 is 1.72 bits per heavy atom. The average molecular weight is 497 g/mol. The summed E-state index contributed by atoms with van der Waals surface area (Å²) in [6, 6.07) is 13.4. The van der Waals surface area contributed by atoms with Gasteiger partial charge in [-0.2, -0.15) is 5.10 Å². The molecule has 0 unspecified atom stereocenters. The van der Waals surface area contributed by atoms with E-state index < -0.39 is 0 Å². The largest absolute Gasteiger partial charge is 0.494 e. The van der Waals surface area contributed by atoms with Crippen LogP contribution in [0.5, 0.6) is 11.5 Å². The number of carbonyl (C=O) groups excluding carboxylic acids is 1. The van der Waals surface area contributed by atoms with E-state index in [-0.39, 0.29) is 47.0 Å². The quantitative estimate of drug-likeness (QED) is 0.442. The van der Waals surface area contributed by atoms with Gasteiger partial charge in [0.05, 0.1) is 33.9 Å². The van der Waals surface area contributed by atoms with Crippen molar-refractivity contribution in [2.45, 2.75) is 13.5 Å². The highest BCUT2D eigenvalue weighted by Gasteiger charge is 2.10. The van der Waals surface area contributed by atoms with Crippen LogP contribution in [0, 0.1) is 0 Å². The van der Waals surface area contributed by atoms with Crippen LogP contribution in [0.3, 0.4) is 0 Å². The van der Waals surface area contributed by atoms with Gasteiger partial charge in [0.25, 0.3) is 11.5 Å². The first-order chi connectivity index (χ1) is 15.4. The van der Waals surface area contributed by atoms with Gasteiger partial charge in [0.15, 0.2) is 6.61 Å². The standard InChI is InChI=1S/C22H20Cl3N3O4/c1-2-31-15-5-3-14(4-6-15)19-7-8-22(30)28(27-19)10-9-26-21(29)13-32-20-12-17(24)16(23)11-18(20)25/h3-8,11-12H,2,9-10,13H2,1H3,(H,26,29). The van der Waals surface area contributed by atoms with E-state index in [2.05, 4.69) is 10.4 Å². The maximum atomic E-state index is 12.1. The first kappa shape index (κ1) is 23.9. The molecule has 7 nitrogen and oxygen atoms in total. The molecule has 0 radical (unpaired) electrons. The summed E-state index contributed by atoms with van der Waals surface area (Å²) in [5, 5.41) is 7.85. The Morgan fingerprint density at radius 1 is 1.00 bits per heavy atom. The van der Waals surface area contributed by atoms with Crippen molar-refractivity contribution in [2.75, 3.05) is 19.8 Å². The Kier molecular flexibility index (Phi) is 8.39. The molecule has 0 saturated carbocycles. The second kappa shape index (κ2) is 11.2. The predicted molar refractivity (Wildman–Crippen MR) is 125 cm³/mol. The topological polar surface area (TPSA) is 82.5 Å². The van der Waals surface area contributed by atoms with E-state index in [1.165, 1.54) is 22.9 Å². The van der Waals surface area contributed by atoms with Crippen LogP contribution >= 0.6 is 34.8 Å². The number of rotatable bonds is 9. The SMILES string of the molecule is CCOc1ccc(-c2ccc(=O)n(CCNC(=O)COc3cc(Cl)c(Cl)cc3Cl)n2)cc1. The van der Waals surface area contributed by atoms with Crippen LogP contribution in [0.25, 0.3) is 11.3 Å². The number of nitrogens with one attached hydrogen (secondary N) is 1. The molecule has 1 aromatic heterocycles. The first-order valence-electron chi connectivity index (χ1n) is 9.73. The molecule has 168 valence electrons. The predicted octanol–water partition coefficient (Wildman–Crippen LogP) is 4.46. The highest BCUT2D eigenvalue weighted by molar-refractivity contribution is 6.43. The fourth-order valence-electron chi connectivity index (χ4n) is 2.76. The molecule has 1 N–H and O–H groups in total. The molecule has 10 heteroatoms. The van der Waals surface area contributed by atoms with E-state index in [9.17, 15) is 9.59 Å². The molecule has 0 spiro atoms. The summed E-state index contributed by atoms with van der Waals surface area (Å²) in [6.45, 7) is 2.62. The van der Waals surface area contributed by atoms with E-state index >= 15 is 0 Å². The van der Waals surface area contributed by atoms with Gasteiger partial charge in [-0.05, 0) is 43.3 Å². The van der Waals surface area contributed by atoms with Crippen LogP contribution in [0.1, 0.15) is 6.92 Å². The molecule has 3 aromatic rings. The molecule has 0 fully saturated rings. The fourth-order valence-corrected chi connectivity index (χ4v) is 3.35. The summed E-state index contributed by atoms with van der Waals surface area (Å²) in [5.41, 5.74) is 1.21. The maximum absolute atomic E-state index is 12.1. The smallest absolute Gasteiger partial charge is 0.266 e. The number of hydrogen-bond donors (Lipinski definition) is 1. The van der Waals surface area contributed by atoms with Crippen molar-refractivity contribution in [1.82, 2.24) is 15.1 Å². The highest BCUT2D eigenvalue weighted by atomic mass is 35.5. The summed E-state index contributed by atoms with van der Waals surface area (Å²) >= 11 is 17.8. The van der Waals surface area contributed by atoms with Crippen LogP contribution in [0.4, 0.5) is 0 Å². The molecule has 2 aromatic carbocycles. The minimum absolute atomic E-state index is 0.191. The van der Waals surface area contributed by atoms with Crippen molar-refractivity contribution in [3.63, 3.8) is 0 Å². The zero-order valence-electron chi connectivity index (χ0n) is 17.1. The normalized spacial score (nSPS) is 10.6. The van der Waals surface area contributed by atoms with Crippen LogP contribution in [-0.2, 0) is 11.3 Å². The van der Waals surface area contributed by atoms with Crippen LogP contribution in [0.15, 0.2) is 53.3 Å². The summed E-state index contributed by atoms with van der Waals surface area (Å²) in [4.78, 5) is 24.2. The number of carbonyl (C=O) groups is 1. The minimum atomic E-state index is -0.386. The lowest BCUT2D eigenvalue weighted by molar-refractivity contribution is -0.123. The van der Waals surface area contributed by atoms with Gasteiger partial charge >= 0.3 is 0 Å². The zero-order valence-corrected chi connectivity index (χ0v) is 19.4. The molecule has 0 aliphatic heterocycles. The van der Waals surface area contributed by atoms with E-state index in [1.54, 1.807) is 6.07 Å². The zero-order chi connectivity index (χ0) is 23.1. The van der Waals surface area contributed by atoms with Crippen molar-refractivity contribution in [3.8, 4) is 22.8 Å². The molecule has 32 heavy (non-hydrogen) atoms. The molecule has 0 aliphatic rings. The number of amides is 1. The summed E-state index contributed by atoms with van der Waals surface area (Å²) in [5.74, 6) is 0.622. The van der Waals surface area contributed by atoms with E-state index in [1.807, 2.05) is 31.2 Å². The Hall–Kier alpha value is -2.74. The molecule has 1 heterocycles. The molecular weight excluding hydrogens is 477 g/mol. The van der Waals surface area contributed by atoms with Gasteiger partial charge in [-0.1, -0.05) is 34.8 Å². The Labute approximate surface area is 199 Å². The van der Waals surface area contributed by atoms with E-state index in [4.69, 9.17) is 44.3 Å². The summed E-state index contributed by atoms with van der Waals surface area (Å²) in [7, 11) is 0. The second-order valence-corrected chi connectivity index (χ2v) is 7.79. The Morgan fingerprint density at radius 3 is 2.44 bits per heavy atom. The molecule has 0 atom stereocenters. The average Bonchev–Trinajstić information content (AvgIpc) is 2.77. The van der Waals surface area contributed by atoms with Crippen molar-refractivity contribution >= 4 is 40.7 Å². The molecule has 1 amide bonds. The number of ether oxygens (including phenoxy) is 2. The Bertz CT molecular complexity index is 1150. The van der Waals surface area contributed by atoms with Crippen molar-refractivity contribution in [2.24, 2.45) is 0 Å². The number of halogens is 3. The third-order valence-electron chi connectivity index (χ3n) is 4.31. The van der Waals surface area contributed by atoms with Gasteiger partial charge in [-0.15, -0.1) is 0 Å². The fraction of sp³-hybridized carbons (Fsp3) is 0.227. The van der Waals surface area contributed by atoms with Crippen molar-refractivity contribution in [3.05, 3.63) is 74.0 Å². The summed E-state index contributed by atoms with van der Waals surface area (Å²) < 4.78 is 12.1. The van der Waals surface area contributed by atoms with Crippen LogP contribution in [-0.4, -0.2) is 35.4 Å². The lowest BCUT2D eigenvalue weighted by atomic mass is 10.1. The summed E-state index contributed by atoms with van der Waals surface area (Å²) in [6.07, 6.45) is 0. The molecule has 0 bridgehead atoms. The number of aromatic nitrogens is 2. The van der Waals surface area contributed by atoms with Gasteiger partial charge < -0.3 is 14.8 Å². The minimum Gasteiger partial charge on any atom is -0.494 e. The van der Waals surface area contributed by atoms with Crippen molar-refractivity contribution < 1.29 is 14.3 Å². The second-order valence-electron chi connectivity index (χ2n) is 6.57. The number of benzene rings is 2. The van der Waals surface area contributed by atoms with Crippen LogP contribution < -0.4 is 20.3 Å². The van der Waals surface area contributed by atoms with Gasteiger partial charge in [-0.3, -0.25) is 9.59 Å². The maximum Gasteiger partial charge on any atom is 0.266 e. The van der Waals surface area contributed by atoms with Gasteiger partial charge in [0, 0.05) is 24.2 Å². The lowest BCUT2D eigenvalue weighted by Gasteiger charge is -2.11. The molecule has 0 saturated heterocycles. The first-order valence-corrected chi connectivity index (χ1v) is 10.9. The van der Waals surface area contributed by atoms with E-state index in [0.29, 0.717) is 17.3 Å². The van der Waals surface area contributed by atoms with Gasteiger partial charge in [0.2, 0.25) is 0 Å². The van der Waals surface area contributed by atoms with Crippen LogP contribution in [0.2, 0.25) is 15.1 Å². The van der Waals surface area contributed by atoms with Crippen molar-refractivity contribution in [1.29, 1.82) is 0 Å². The third-order valence-corrected chi connectivity index (χ3v) is 5.32. The molecule has 0 aliphatic carbocycles. The molecule has 3 rings (SSSR count). The highest BCUT2D eigenvalue weighted by Crippen LogP contribution is 2.33. The Balaban J connectivity index is 1.55. The third kappa shape index (κ3) is 6.38. The lowest BCUT2D eigenvalue weighted by Crippen LogP contribution is -2.34. The van der Waals surface area contributed by atoms with E-state index in [0.717, 1.165) is 11.3 Å². The number of nitrogens with zero attached hydrogens (tertiary/aromatic N) is 2.